The summed E-state index contributed by atoms with van der Waals surface area (Å²) in [7, 11) is 4.08. The second-order valence-electron chi connectivity index (χ2n) is 5.03. The highest BCUT2D eigenvalue weighted by Crippen LogP contribution is 2.13. The first-order valence-electron chi connectivity index (χ1n) is 7.23. The predicted octanol–water partition coefficient (Wildman–Crippen LogP) is 2.65. The second-order valence-corrected chi connectivity index (χ2v) is 5.03. The largest absolute Gasteiger partial charge is 0.344 e. The highest BCUT2D eigenvalue weighted by molar-refractivity contribution is 5.37. The Morgan fingerprint density at radius 3 is 1.58 bits per heavy atom. The van der Waals surface area contributed by atoms with Crippen LogP contribution in [0, 0.1) is 6.92 Å². The topological polar surface area (TPSA) is 45.2 Å². The lowest BCUT2D eigenvalue weighted by Crippen LogP contribution is -2.26. The first-order valence-corrected chi connectivity index (χ1v) is 7.23. The number of unbranched alkanes of at least 4 members (excludes halogenated alkanes) is 2. The molecular formula is C14H27N5. The Morgan fingerprint density at radius 1 is 0.789 bits per heavy atom. The van der Waals surface area contributed by atoms with Crippen LogP contribution in [0.1, 0.15) is 45.4 Å². The SMILES string of the molecule is CCCCN(C)c1nc(C)nc(N(C)CCCC)n1. The molecule has 0 aromatic carbocycles. The summed E-state index contributed by atoms with van der Waals surface area (Å²) in [6, 6.07) is 0. The average molecular weight is 265 g/mol. The van der Waals surface area contributed by atoms with E-state index in [4.69, 9.17) is 0 Å². The van der Waals surface area contributed by atoms with E-state index in [0.717, 1.165) is 43.7 Å². The molecule has 1 heterocycles. The van der Waals surface area contributed by atoms with Crippen LogP contribution >= 0.6 is 0 Å². The minimum absolute atomic E-state index is 0.777. The molecule has 5 nitrogen and oxygen atoms in total. The Balaban J connectivity index is 2.80. The third-order valence-electron chi connectivity index (χ3n) is 3.10. The van der Waals surface area contributed by atoms with Gasteiger partial charge in [-0.3, -0.25) is 0 Å². The van der Waals surface area contributed by atoms with Crippen molar-refractivity contribution < 1.29 is 0 Å². The molecule has 0 bridgehead atoms. The van der Waals surface area contributed by atoms with E-state index in [9.17, 15) is 0 Å². The zero-order valence-electron chi connectivity index (χ0n) is 13.0. The van der Waals surface area contributed by atoms with Crippen molar-refractivity contribution in [2.45, 2.75) is 46.5 Å². The number of rotatable bonds is 8. The fraction of sp³-hybridized carbons (Fsp3) is 0.786. The van der Waals surface area contributed by atoms with Gasteiger partial charge in [-0.15, -0.1) is 0 Å². The van der Waals surface area contributed by atoms with Crippen LogP contribution in [0.25, 0.3) is 0 Å². The molecule has 0 atom stereocenters. The molecule has 0 unspecified atom stereocenters. The molecule has 1 aromatic heterocycles. The summed E-state index contributed by atoms with van der Waals surface area (Å²) in [5, 5.41) is 0. The minimum atomic E-state index is 0.777. The summed E-state index contributed by atoms with van der Waals surface area (Å²) in [5.41, 5.74) is 0. The number of nitrogens with zero attached hydrogens (tertiary/aromatic N) is 5. The van der Waals surface area contributed by atoms with Crippen molar-refractivity contribution in [2.24, 2.45) is 0 Å². The van der Waals surface area contributed by atoms with Gasteiger partial charge in [-0.1, -0.05) is 26.7 Å². The van der Waals surface area contributed by atoms with E-state index in [0.29, 0.717) is 0 Å². The summed E-state index contributed by atoms with van der Waals surface area (Å²) < 4.78 is 0. The third kappa shape index (κ3) is 5.01. The maximum Gasteiger partial charge on any atom is 0.230 e. The van der Waals surface area contributed by atoms with Gasteiger partial charge in [-0.2, -0.15) is 15.0 Å². The lowest BCUT2D eigenvalue weighted by Gasteiger charge is -2.21. The molecule has 0 radical (unpaired) electrons. The van der Waals surface area contributed by atoms with Crippen LogP contribution in [0.4, 0.5) is 11.9 Å². The molecule has 0 aliphatic rings. The Morgan fingerprint density at radius 2 is 1.21 bits per heavy atom. The monoisotopic (exact) mass is 265 g/mol. The quantitative estimate of drug-likeness (QED) is 0.723. The molecule has 0 N–H and O–H groups in total. The van der Waals surface area contributed by atoms with Gasteiger partial charge in [0.15, 0.2) is 0 Å². The highest BCUT2D eigenvalue weighted by Gasteiger charge is 2.11. The van der Waals surface area contributed by atoms with Gasteiger partial charge < -0.3 is 9.80 Å². The van der Waals surface area contributed by atoms with Crippen molar-refractivity contribution in [3.63, 3.8) is 0 Å². The van der Waals surface area contributed by atoms with Crippen molar-refractivity contribution in [1.82, 2.24) is 15.0 Å². The van der Waals surface area contributed by atoms with E-state index >= 15 is 0 Å². The fourth-order valence-corrected chi connectivity index (χ4v) is 1.79. The second kappa shape index (κ2) is 7.92. The van der Waals surface area contributed by atoms with Crippen LogP contribution in [-0.2, 0) is 0 Å². The molecule has 108 valence electrons. The molecule has 0 fully saturated rings. The lowest BCUT2D eigenvalue weighted by atomic mass is 10.3. The van der Waals surface area contributed by atoms with Crippen LogP contribution in [0.15, 0.2) is 0 Å². The standard InChI is InChI=1S/C14H27N5/c1-6-8-10-18(4)13-15-12(3)16-14(17-13)19(5)11-9-7-2/h6-11H2,1-5H3. The van der Waals surface area contributed by atoms with Gasteiger partial charge in [-0.05, 0) is 19.8 Å². The number of aromatic nitrogens is 3. The van der Waals surface area contributed by atoms with E-state index in [1.54, 1.807) is 0 Å². The van der Waals surface area contributed by atoms with E-state index in [1.165, 1.54) is 12.8 Å². The molecule has 0 saturated carbocycles. The van der Waals surface area contributed by atoms with E-state index in [-0.39, 0.29) is 0 Å². The molecule has 5 heteroatoms. The molecule has 0 amide bonds. The number of aryl methyl sites for hydroxylation is 1. The van der Waals surface area contributed by atoms with Crippen LogP contribution in [0.2, 0.25) is 0 Å². The van der Waals surface area contributed by atoms with Crippen LogP contribution in [0.5, 0.6) is 0 Å². The Hall–Kier alpha value is -1.39. The van der Waals surface area contributed by atoms with Gasteiger partial charge in [0.2, 0.25) is 11.9 Å². The number of hydrogen-bond donors (Lipinski definition) is 0. The van der Waals surface area contributed by atoms with Crippen molar-refractivity contribution in [2.75, 3.05) is 37.0 Å². The summed E-state index contributed by atoms with van der Waals surface area (Å²) in [6.45, 7) is 8.28. The summed E-state index contributed by atoms with van der Waals surface area (Å²) >= 11 is 0. The van der Waals surface area contributed by atoms with Gasteiger partial charge in [-0.25, -0.2) is 0 Å². The molecule has 1 rings (SSSR count). The van der Waals surface area contributed by atoms with Gasteiger partial charge in [0.05, 0.1) is 0 Å². The van der Waals surface area contributed by atoms with Crippen molar-refractivity contribution in [3.05, 3.63) is 5.82 Å². The van der Waals surface area contributed by atoms with Crippen LogP contribution < -0.4 is 9.80 Å². The number of hydrogen-bond acceptors (Lipinski definition) is 5. The van der Waals surface area contributed by atoms with E-state index in [1.807, 2.05) is 21.0 Å². The number of anilines is 2. The minimum Gasteiger partial charge on any atom is -0.344 e. The van der Waals surface area contributed by atoms with Crippen LogP contribution in [-0.4, -0.2) is 42.1 Å². The van der Waals surface area contributed by atoms with E-state index in [2.05, 4.69) is 38.6 Å². The maximum absolute atomic E-state index is 4.57. The molecule has 1 aromatic rings. The smallest absolute Gasteiger partial charge is 0.230 e. The summed E-state index contributed by atoms with van der Waals surface area (Å²) in [4.78, 5) is 17.6. The van der Waals surface area contributed by atoms with Gasteiger partial charge in [0.25, 0.3) is 0 Å². The zero-order chi connectivity index (χ0) is 14.3. The average Bonchev–Trinajstić information content (AvgIpc) is 2.41. The molecule has 19 heavy (non-hydrogen) atoms. The van der Waals surface area contributed by atoms with Crippen molar-refractivity contribution >= 4 is 11.9 Å². The Kier molecular flexibility index (Phi) is 6.53. The lowest BCUT2D eigenvalue weighted by molar-refractivity contribution is 0.723. The highest BCUT2D eigenvalue weighted by atomic mass is 15.3. The molecular weight excluding hydrogens is 238 g/mol. The molecule has 0 aliphatic carbocycles. The van der Waals surface area contributed by atoms with Gasteiger partial charge in [0, 0.05) is 27.2 Å². The van der Waals surface area contributed by atoms with E-state index < -0.39 is 0 Å². The first kappa shape index (κ1) is 15.7. The summed E-state index contributed by atoms with van der Waals surface area (Å²) in [6.07, 6.45) is 4.67. The first-order chi connectivity index (χ1) is 9.08. The molecule has 0 spiro atoms. The maximum atomic E-state index is 4.57. The van der Waals surface area contributed by atoms with Crippen LogP contribution in [0.3, 0.4) is 0 Å². The fourth-order valence-electron chi connectivity index (χ4n) is 1.79. The normalized spacial score (nSPS) is 10.6. The predicted molar refractivity (Wildman–Crippen MR) is 80.9 cm³/mol. The van der Waals surface area contributed by atoms with Crippen molar-refractivity contribution in [1.29, 1.82) is 0 Å². The summed E-state index contributed by atoms with van der Waals surface area (Å²) in [5.74, 6) is 2.34. The third-order valence-corrected chi connectivity index (χ3v) is 3.10. The molecule has 0 aliphatic heterocycles. The Bertz CT molecular complexity index is 348. The van der Waals surface area contributed by atoms with Crippen molar-refractivity contribution in [3.8, 4) is 0 Å². The van der Waals surface area contributed by atoms with Gasteiger partial charge in [0.1, 0.15) is 5.82 Å². The van der Waals surface area contributed by atoms with Gasteiger partial charge >= 0.3 is 0 Å². The molecule has 0 saturated heterocycles. The zero-order valence-corrected chi connectivity index (χ0v) is 13.0. The Labute approximate surface area is 117 Å².